The number of hydrogen-bond donors (Lipinski definition) is 1. The van der Waals surface area contributed by atoms with Crippen molar-refractivity contribution in [3.05, 3.63) is 35.8 Å². The summed E-state index contributed by atoms with van der Waals surface area (Å²) in [7, 11) is 1.66. The molecule has 5 heterocycles. The Morgan fingerprint density at radius 3 is 2.81 bits per heavy atom. The summed E-state index contributed by atoms with van der Waals surface area (Å²) in [4.78, 5) is 5.78. The second kappa shape index (κ2) is 6.07. The third-order valence-electron chi connectivity index (χ3n) is 4.93. The van der Waals surface area contributed by atoms with Crippen LogP contribution in [0.3, 0.4) is 0 Å². The molecule has 26 heavy (non-hydrogen) atoms. The summed E-state index contributed by atoms with van der Waals surface area (Å²) in [5, 5.41) is 13.6. The first-order valence-corrected chi connectivity index (χ1v) is 9.64. The number of hydrogen-bond acceptors (Lipinski definition) is 6. The number of nitrogens with zero attached hydrogens (tertiary/aromatic N) is 5. The Labute approximate surface area is 154 Å². The van der Waals surface area contributed by atoms with Gasteiger partial charge in [-0.25, -0.2) is 14.0 Å². The van der Waals surface area contributed by atoms with Gasteiger partial charge in [-0.15, -0.1) is 0 Å². The quantitative estimate of drug-likeness (QED) is 0.602. The van der Waals surface area contributed by atoms with Gasteiger partial charge in [0.25, 0.3) is 0 Å². The maximum atomic E-state index is 5.51. The third-order valence-corrected chi connectivity index (χ3v) is 5.90. The summed E-state index contributed by atoms with van der Waals surface area (Å²) in [6.07, 6.45) is 4.38. The van der Waals surface area contributed by atoms with Crippen LogP contribution in [0.15, 0.2) is 24.4 Å². The van der Waals surface area contributed by atoms with Crippen molar-refractivity contribution in [1.82, 2.24) is 29.5 Å². The van der Waals surface area contributed by atoms with Crippen molar-refractivity contribution in [3.8, 4) is 16.5 Å². The number of nitrogens with one attached hydrogen (secondary N) is 1. The number of pyridine rings is 1. The normalized spacial score (nSPS) is 15.9. The molecule has 0 radical (unpaired) electrons. The molecule has 0 amide bonds. The standard InChI is InChI=1S/C18H20N6OS/c1-11-7-14-8-13(9-16(25-2)24(14)21-11)17-22-23-10-15(20-18(23)26-17)12-3-5-19-6-4-12/h7-10,12,19H,3-6H2,1-2H3. The van der Waals surface area contributed by atoms with Crippen molar-refractivity contribution < 1.29 is 4.74 Å². The van der Waals surface area contributed by atoms with Crippen LogP contribution in [0.25, 0.3) is 21.0 Å². The van der Waals surface area contributed by atoms with Crippen LogP contribution in [-0.4, -0.2) is 44.4 Å². The Morgan fingerprint density at radius 2 is 2.04 bits per heavy atom. The fraction of sp³-hybridized carbons (Fsp3) is 0.389. The maximum absolute atomic E-state index is 5.51. The minimum atomic E-state index is 0.541. The van der Waals surface area contributed by atoms with Gasteiger partial charge in [-0.05, 0) is 45.0 Å². The topological polar surface area (TPSA) is 68.8 Å². The molecule has 7 nitrogen and oxygen atoms in total. The van der Waals surface area contributed by atoms with Crippen LogP contribution in [-0.2, 0) is 0 Å². The Kier molecular flexibility index (Phi) is 3.68. The summed E-state index contributed by atoms with van der Waals surface area (Å²) >= 11 is 1.61. The van der Waals surface area contributed by atoms with Gasteiger partial charge in [0.1, 0.15) is 5.01 Å². The number of fused-ring (bicyclic) bond motifs is 2. The predicted molar refractivity (Wildman–Crippen MR) is 101 cm³/mol. The predicted octanol–water partition coefficient (Wildman–Crippen LogP) is 2.89. The van der Waals surface area contributed by atoms with Crippen molar-refractivity contribution >= 4 is 21.8 Å². The number of imidazole rings is 1. The van der Waals surface area contributed by atoms with Gasteiger partial charge >= 0.3 is 0 Å². The van der Waals surface area contributed by atoms with Gasteiger partial charge in [0, 0.05) is 17.5 Å². The van der Waals surface area contributed by atoms with Gasteiger partial charge in [0.2, 0.25) is 10.8 Å². The number of aromatic nitrogens is 5. The number of ether oxygens (including phenoxy) is 1. The molecular formula is C18H20N6OS. The van der Waals surface area contributed by atoms with E-state index in [0.717, 1.165) is 58.4 Å². The lowest BCUT2D eigenvalue weighted by Gasteiger charge is -2.20. The van der Waals surface area contributed by atoms with Gasteiger partial charge in [-0.1, -0.05) is 11.3 Å². The van der Waals surface area contributed by atoms with Crippen LogP contribution in [0.4, 0.5) is 0 Å². The van der Waals surface area contributed by atoms with Gasteiger partial charge < -0.3 is 10.1 Å². The second-order valence-corrected chi connectivity index (χ2v) is 7.69. The van der Waals surface area contributed by atoms with E-state index in [1.165, 1.54) is 0 Å². The molecular weight excluding hydrogens is 348 g/mol. The number of methoxy groups -OCH3 is 1. The minimum Gasteiger partial charge on any atom is -0.481 e. The van der Waals surface area contributed by atoms with Crippen LogP contribution >= 0.6 is 11.3 Å². The molecule has 1 fully saturated rings. The third kappa shape index (κ3) is 2.57. The summed E-state index contributed by atoms with van der Waals surface area (Å²) in [5.74, 6) is 1.24. The van der Waals surface area contributed by atoms with Crippen LogP contribution in [0, 0.1) is 6.92 Å². The molecule has 0 aromatic carbocycles. The Bertz CT molecular complexity index is 1060. The highest BCUT2D eigenvalue weighted by Crippen LogP contribution is 2.32. The zero-order valence-electron chi connectivity index (χ0n) is 14.8. The fourth-order valence-electron chi connectivity index (χ4n) is 3.61. The lowest BCUT2D eigenvalue weighted by Crippen LogP contribution is -2.26. The Morgan fingerprint density at radius 1 is 1.19 bits per heavy atom. The van der Waals surface area contributed by atoms with E-state index in [0.29, 0.717) is 11.8 Å². The lowest BCUT2D eigenvalue weighted by atomic mass is 9.95. The molecule has 4 aromatic rings. The van der Waals surface area contributed by atoms with Crippen molar-refractivity contribution in [2.75, 3.05) is 20.2 Å². The molecule has 0 aliphatic carbocycles. The summed E-state index contributed by atoms with van der Waals surface area (Å²) in [6.45, 7) is 4.12. The van der Waals surface area contributed by atoms with E-state index in [1.807, 2.05) is 28.1 Å². The van der Waals surface area contributed by atoms with Crippen molar-refractivity contribution in [3.63, 3.8) is 0 Å². The first kappa shape index (κ1) is 15.8. The zero-order valence-corrected chi connectivity index (χ0v) is 15.6. The number of rotatable bonds is 3. The molecule has 4 aromatic heterocycles. The van der Waals surface area contributed by atoms with Crippen molar-refractivity contribution in [2.45, 2.75) is 25.7 Å². The number of aryl methyl sites for hydroxylation is 1. The van der Waals surface area contributed by atoms with Gasteiger partial charge in [0.05, 0.1) is 30.2 Å². The molecule has 0 unspecified atom stereocenters. The monoisotopic (exact) mass is 368 g/mol. The molecule has 0 bridgehead atoms. The first-order chi connectivity index (χ1) is 12.7. The molecule has 1 aliphatic heterocycles. The zero-order chi connectivity index (χ0) is 17.7. The van der Waals surface area contributed by atoms with Crippen LogP contribution < -0.4 is 10.1 Å². The first-order valence-electron chi connectivity index (χ1n) is 8.83. The molecule has 8 heteroatoms. The average Bonchev–Trinajstić information content (AvgIpc) is 3.33. The van der Waals surface area contributed by atoms with Crippen molar-refractivity contribution in [1.29, 1.82) is 0 Å². The molecule has 0 saturated carbocycles. The van der Waals surface area contributed by atoms with Gasteiger partial charge in [-0.3, -0.25) is 0 Å². The molecule has 1 aliphatic rings. The average molecular weight is 368 g/mol. The van der Waals surface area contributed by atoms with E-state index in [9.17, 15) is 0 Å². The summed E-state index contributed by atoms with van der Waals surface area (Å²) < 4.78 is 9.23. The highest BCUT2D eigenvalue weighted by molar-refractivity contribution is 7.19. The van der Waals surface area contributed by atoms with E-state index < -0.39 is 0 Å². The van der Waals surface area contributed by atoms with Crippen LogP contribution in [0.5, 0.6) is 5.88 Å². The SMILES string of the molecule is COc1cc(-c2nn3cc(C4CCNCC4)nc3s2)cc2cc(C)nn12. The van der Waals surface area contributed by atoms with Gasteiger partial charge in [-0.2, -0.15) is 10.2 Å². The lowest BCUT2D eigenvalue weighted by molar-refractivity contribution is 0.385. The highest BCUT2D eigenvalue weighted by Gasteiger charge is 2.20. The largest absolute Gasteiger partial charge is 0.481 e. The number of piperidine rings is 1. The van der Waals surface area contributed by atoms with E-state index in [2.05, 4.69) is 22.7 Å². The smallest absolute Gasteiger partial charge is 0.215 e. The molecule has 1 N–H and O–H groups in total. The Hall–Kier alpha value is -2.45. The molecule has 134 valence electrons. The molecule has 0 spiro atoms. The van der Waals surface area contributed by atoms with Gasteiger partial charge in [0.15, 0.2) is 0 Å². The minimum absolute atomic E-state index is 0.541. The van der Waals surface area contributed by atoms with E-state index in [4.69, 9.17) is 14.8 Å². The van der Waals surface area contributed by atoms with E-state index in [1.54, 1.807) is 18.4 Å². The summed E-state index contributed by atoms with van der Waals surface area (Å²) in [6, 6.07) is 6.11. The van der Waals surface area contributed by atoms with Crippen molar-refractivity contribution in [2.24, 2.45) is 0 Å². The molecule has 1 saturated heterocycles. The fourth-order valence-corrected chi connectivity index (χ4v) is 4.49. The van der Waals surface area contributed by atoms with E-state index >= 15 is 0 Å². The maximum Gasteiger partial charge on any atom is 0.215 e. The second-order valence-electron chi connectivity index (χ2n) is 6.73. The van der Waals surface area contributed by atoms with Crippen LogP contribution in [0.2, 0.25) is 0 Å². The van der Waals surface area contributed by atoms with Crippen LogP contribution in [0.1, 0.15) is 30.1 Å². The highest BCUT2D eigenvalue weighted by atomic mass is 32.1. The molecule has 5 rings (SSSR count). The van der Waals surface area contributed by atoms with E-state index in [-0.39, 0.29) is 0 Å². The summed E-state index contributed by atoms with van der Waals surface area (Å²) in [5.41, 5.74) is 4.14. The molecule has 0 atom stereocenters. The Balaban J connectivity index is 1.54.